The van der Waals surface area contributed by atoms with E-state index < -0.39 is 0 Å². The van der Waals surface area contributed by atoms with E-state index in [0.717, 1.165) is 27.9 Å². The summed E-state index contributed by atoms with van der Waals surface area (Å²) in [4.78, 5) is 0. The second-order valence-corrected chi connectivity index (χ2v) is 12.1. The molecule has 6 aromatic carbocycles. The zero-order valence-corrected chi connectivity index (χ0v) is 24.0. The number of rotatable bonds is 2. The van der Waals surface area contributed by atoms with Gasteiger partial charge in [0.25, 0.3) is 0 Å². The van der Waals surface area contributed by atoms with Gasteiger partial charge in [-0.2, -0.15) is 5.10 Å². The predicted molar refractivity (Wildman–Crippen MR) is 186 cm³/mol. The number of hydrogen-bond acceptors (Lipinski definition) is 3. The second kappa shape index (κ2) is 9.28. The molecule has 0 spiro atoms. The quantitative estimate of drug-likeness (QED) is 0.222. The van der Waals surface area contributed by atoms with E-state index in [9.17, 15) is 0 Å². The number of nitrogens with zero attached hydrogens (tertiary/aromatic N) is 2. The molecule has 43 heavy (non-hydrogen) atoms. The first-order chi connectivity index (χ1) is 21.2. The Hall–Kier alpha value is -5.45. The van der Waals surface area contributed by atoms with Gasteiger partial charge in [-0.25, -0.2) is 4.68 Å². The molecule has 0 atom stereocenters. The lowest BCUT2D eigenvalue weighted by Gasteiger charge is -2.13. The number of nitrogens with two attached hydrogens (primary N) is 1. The summed E-state index contributed by atoms with van der Waals surface area (Å²) in [6.07, 6.45) is 8.19. The summed E-state index contributed by atoms with van der Waals surface area (Å²) in [5.41, 5.74) is 12.6. The summed E-state index contributed by atoms with van der Waals surface area (Å²) in [6.45, 7) is 0. The number of fused-ring (bicyclic) bond motifs is 10. The molecule has 0 bridgehead atoms. The van der Waals surface area contributed by atoms with Crippen molar-refractivity contribution in [1.82, 2.24) is 4.68 Å². The third kappa shape index (κ3) is 3.64. The summed E-state index contributed by atoms with van der Waals surface area (Å²) in [6, 6.07) is 41.1. The van der Waals surface area contributed by atoms with Gasteiger partial charge in [0, 0.05) is 42.2 Å². The lowest BCUT2D eigenvalue weighted by Crippen LogP contribution is -2.10. The maximum absolute atomic E-state index is 6.97. The molecule has 1 aliphatic rings. The zero-order chi connectivity index (χ0) is 28.5. The van der Waals surface area contributed by atoms with Crippen molar-refractivity contribution >= 4 is 86.3 Å². The summed E-state index contributed by atoms with van der Waals surface area (Å²) >= 11 is 1.82. The molecule has 8 aromatic rings. The van der Waals surface area contributed by atoms with E-state index in [1.807, 2.05) is 23.5 Å². The Morgan fingerprint density at radius 1 is 0.581 bits per heavy atom. The molecule has 4 heteroatoms. The maximum Gasteiger partial charge on any atom is 0.0933 e. The van der Waals surface area contributed by atoms with Crippen LogP contribution >= 0.6 is 11.3 Å². The normalized spacial score (nSPS) is 15.7. The third-order valence-corrected chi connectivity index (χ3v) is 9.76. The molecule has 0 amide bonds. The van der Waals surface area contributed by atoms with Gasteiger partial charge in [0.15, 0.2) is 0 Å². The van der Waals surface area contributed by atoms with Crippen LogP contribution in [0, 0.1) is 0 Å². The van der Waals surface area contributed by atoms with Crippen molar-refractivity contribution in [2.75, 3.05) is 0 Å². The summed E-state index contributed by atoms with van der Waals surface area (Å²) < 4.78 is 4.65. The van der Waals surface area contributed by atoms with Crippen molar-refractivity contribution in [3.05, 3.63) is 151 Å². The van der Waals surface area contributed by atoms with Gasteiger partial charge in [0.05, 0.1) is 16.7 Å². The Labute approximate surface area is 251 Å². The highest BCUT2D eigenvalue weighted by molar-refractivity contribution is 7.25. The third-order valence-electron chi connectivity index (χ3n) is 8.61. The Balaban J connectivity index is 1.31. The van der Waals surface area contributed by atoms with E-state index in [2.05, 4.69) is 132 Å². The Kier molecular flexibility index (Phi) is 5.22. The molecule has 3 nitrogen and oxygen atoms in total. The van der Waals surface area contributed by atoms with Gasteiger partial charge < -0.3 is 5.73 Å². The molecule has 0 unspecified atom stereocenters. The number of allylic oxidation sites excluding steroid dienone is 5. The van der Waals surface area contributed by atoms with Crippen molar-refractivity contribution in [1.29, 1.82) is 0 Å². The molecule has 1 aliphatic carbocycles. The molecule has 2 N–H and O–H groups in total. The van der Waals surface area contributed by atoms with Crippen LogP contribution < -0.4 is 5.73 Å². The van der Waals surface area contributed by atoms with E-state index in [1.165, 1.54) is 52.5 Å². The van der Waals surface area contributed by atoms with Crippen molar-refractivity contribution < 1.29 is 0 Å². The summed E-state index contributed by atoms with van der Waals surface area (Å²) in [5.74, 6) is 0. The van der Waals surface area contributed by atoms with E-state index in [4.69, 9.17) is 10.8 Å². The fraction of sp³-hybridized carbons (Fsp3) is 0. The molecule has 0 saturated heterocycles. The van der Waals surface area contributed by atoms with Gasteiger partial charge in [-0.1, -0.05) is 103 Å². The number of aromatic nitrogens is 1. The Bertz CT molecular complexity index is 2480. The minimum Gasteiger partial charge on any atom is -0.398 e. The smallest absolute Gasteiger partial charge is 0.0933 e. The van der Waals surface area contributed by atoms with Crippen LogP contribution in [0.25, 0.3) is 69.2 Å². The van der Waals surface area contributed by atoms with E-state index in [1.54, 1.807) is 0 Å². The van der Waals surface area contributed by atoms with Crippen molar-refractivity contribution in [2.24, 2.45) is 10.8 Å². The SMILES string of the molecule is N/C(=C1/C=CC=CC1=Nn1c2ccc3ccccc3c2c2c3ccccc3ccc21)c1ccc2sc3ccccc3c2c1. The van der Waals surface area contributed by atoms with Crippen LogP contribution in [-0.4, -0.2) is 10.4 Å². The molecular formula is C39H25N3S. The highest BCUT2D eigenvalue weighted by atomic mass is 32.1. The molecule has 0 fully saturated rings. The lowest BCUT2D eigenvalue weighted by molar-refractivity contribution is 0.969. The molecule has 0 radical (unpaired) electrons. The van der Waals surface area contributed by atoms with Crippen LogP contribution in [0.5, 0.6) is 0 Å². The topological polar surface area (TPSA) is 43.3 Å². The highest BCUT2D eigenvalue weighted by Gasteiger charge is 2.18. The van der Waals surface area contributed by atoms with Crippen molar-refractivity contribution in [3.8, 4) is 0 Å². The fourth-order valence-electron chi connectivity index (χ4n) is 6.58. The molecular weight excluding hydrogens is 543 g/mol. The zero-order valence-electron chi connectivity index (χ0n) is 23.2. The van der Waals surface area contributed by atoms with Gasteiger partial charge in [-0.15, -0.1) is 11.3 Å². The average molecular weight is 568 g/mol. The standard InChI is InChI=1S/C39H25N3S/c40-39(26-19-22-36-31(23-26)29-13-6-8-16-35(29)43-36)30-14-5-7-15-32(30)41-42-33-20-17-24-9-1-3-11-27(24)37(33)38-28-12-4-2-10-25(28)18-21-34(38)42/h1-23H,40H2/b39-30-,41-32?. The van der Waals surface area contributed by atoms with Crippen LogP contribution in [0.3, 0.4) is 0 Å². The average Bonchev–Trinajstić information content (AvgIpc) is 3.60. The molecule has 2 aromatic heterocycles. The Morgan fingerprint density at radius 2 is 1.19 bits per heavy atom. The van der Waals surface area contributed by atoms with Crippen LogP contribution in [0.2, 0.25) is 0 Å². The number of thiophene rings is 1. The van der Waals surface area contributed by atoms with Gasteiger partial charge in [0.1, 0.15) is 0 Å². The highest BCUT2D eigenvalue weighted by Crippen LogP contribution is 2.39. The van der Waals surface area contributed by atoms with Gasteiger partial charge in [-0.05, 0) is 63.5 Å². The van der Waals surface area contributed by atoms with Gasteiger partial charge in [-0.3, -0.25) is 0 Å². The molecule has 2 heterocycles. The molecule has 202 valence electrons. The summed E-state index contributed by atoms with van der Waals surface area (Å²) in [7, 11) is 0. The van der Waals surface area contributed by atoms with Crippen LogP contribution in [-0.2, 0) is 0 Å². The Morgan fingerprint density at radius 3 is 1.91 bits per heavy atom. The second-order valence-electron chi connectivity index (χ2n) is 11.0. The van der Waals surface area contributed by atoms with E-state index >= 15 is 0 Å². The number of hydrogen-bond donors (Lipinski definition) is 1. The first-order valence-electron chi connectivity index (χ1n) is 14.4. The van der Waals surface area contributed by atoms with Crippen LogP contribution in [0.4, 0.5) is 0 Å². The maximum atomic E-state index is 6.97. The predicted octanol–water partition coefficient (Wildman–Crippen LogP) is 10.2. The fourth-order valence-corrected chi connectivity index (χ4v) is 7.67. The molecule has 0 aliphatic heterocycles. The van der Waals surface area contributed by atoms with E-state index in [0.29, 0.717) is 5.70 Å². The minimum absolute atomic E-state index is 0.716. The van der Waals surface area contributed by atoms with Gasteiger partial charge in [0.2, 0.25) is 0 Å². The largest absolute Gasteiger partial charge is 0.398 e. The van der Waals surface area contributed by atoms with Gasteiger partial charge >= 0.3 is 0 Å². The van der Waals surface area contributed by atoms with Crippen LogP contribution in [0.1, 0.15) is 5.56 Å². The number of benzene rings is 6. The minimum atomic E-state index is 0.716. The molecule has 9 rings (SSSR count). The van der Waals surface area contributed by atoms with Crippen molar-refractivity contribution in [2.45, 2.75) is 0 Å². The lowest BCUT2D eigenvalue weighted by atomic mass is 9.98. The first kappa shape index (κ1) is 24.2. The monoisotopic (exact) mass is 567 g/mol. The van der Waals surface area contributed by atoms with Crippen LogP contribution in [0.15, 0.2) is 150 Å². The molecule has 0 saturated carbocycles. The van der Waals surface area contributed by atoms with E-state index in [-0.39, 0.29) is 0 Å². The van der Waals surface area contributed by atoms with Crippen molar-refractivity contribution in [3.63, 3.8) is 0 Å². The summed E-state index contributed by atoms with van der Waals surface area (Å²) in [5, 5.41) is 15.2. The first-order valence-corrected chi connectivity index (χ1v) is 15.3.